The summed E-state index contributed by atoms with van der Waals surface area (Å²) in [6.45, 7) is 6.72. The predicted octanol–water partition coefficient (Wildman–Crippen LogP) is 3.92. The van der Waals surface area contributed by atoms with Crippen LogP contribution in [-0.2, 0) is 11.8 Å². The predicted molar refractivity (Wildman–Crippen MR) is 100 cm³/mol. The van der Waals surface area contributed by atoms with Crippen LogP contribution < -0.4 is 4.74 Å². The number of phenols is 1. The second kappa shape index (κ2) is 6.57. The van der Waals surface area contributed by atoms with Crippen LogP contribution in [0.15, 0.2) is 61.2 Å². The summed E-state index contributed by atoms with van der Waals surface area (Å²) in [4.78, 5) is 2.41. The molecule has 2 heterocycles. The van der Waals surface area contributed by atoms with Crippen LogP contribution in [0.5, 0.6) is 11.5 Å². The minimum absolute atomic E-state index is 0.0123. The lowest BCUT2D eigenvalue weighted by atomic mass is 9.68. The summed E-state index contributed by atoms with van der Waals surface area (Å²) in [5.74, 6) is 1.27. The molecule has 3 nitrogen and oxygen atoms in total. The maximum absolute atomic E-state index is 10.0. The van der Waals surface area contributed by atoms with E-state index < -0.39 is 0 Å². The smallest absolute Gasteiger partial charge is 0.124 e. The third-order valence-electron chi connectivity index (χ3n) is 5.77. The van der Waals surface area contributed by atoms with Gasteiger partial charge in [0.2, 0.25) is 0 Å². The number of benzene rings is 2. The van der Waals surface area contributed by atoms with Crippen LogP contribution in [-0.4, -0.2) is 35.7 Å². The van der Waals surface area contributed by atoms with Gasteiger partial charge in [-0.25, -0.2) is 0 Å². The molecule has 0 radical (unpaired) electrons. The molecule has 0 aromatic heterocycles. The van der Waals surface area contributed by atoms with E-state index in [1.807, 2.05) is 18.2 Å². The van der Waals surface area contributed by atoms with Gasteiger partial charge in [-0.3, -0.25) is 4.90 Å². The first kappa shape index (κ1) is 16.2. The van der Waals surface area contributed by atoms with E-state index in [1.165, 1.54) is 11.1 Å². The molecule has 2 atom stereocenters. The van der Waals surface area contributed by atoms with Crippen molar-refractivity contribution in [2.24, 2.45) is 0 Å². The maximum atomic E-state index is 10.0. The summed E-state index contributed by atoms with van der Waals surface area (Å²) in [6.07, 6.45) is 5.22. The van der Waals surface area contributed by atoms with E-state index in [4.69, 9.17) is 4.74 Å². The number of rotatable bonds is 5. The molecule has 0 bridgehead atoms. The van der Waals surface area contributed by atoms with Crippen molar-refractivity contribution in [2.45, 2.75) is 30.8 Å². The van der Waals surface area contributed by atoms with Gasteiger partial charge in [0.1, 0.15) is 17.6 Å². The van der Waals surface area contributed by atoms with Gasteiger partial charge in [-0.1, -0.05) is 36.4 Å². The van der Waals surface area contributed by atoms with Gasteiger partial charge < -0.3 is 9.84 Å². The molecule has 1 fully saturated rings. The van der Waals surface area contributed by atoms with Crippen LogP contribution in [0.3, 0.4) is 0 Å². The number of phenolic OH excluding ortho intramolecular Hbond substituents is 1. The van der Waals surface area contributed by atoms with Crippen molar-refractivity contribution in [3.05, 3.63) is 72.3 Å². The number of aromatic hydroxyl groups is 1. The van der Waals surface area contributed by atoms with Crippen molar-refractivity contribution < 1.29 is 9.84 Å². The Hall–Kier alpha value is -2.26. The van der Waals surface area contributed by atoms with Gasteiger partial charge in [0.25, 0.3) is 0 Å². The Morgan fingerprint density at radius 2 is 2.08 bits per heavy atom. The third-order valence-corrected chi connectivity index (χ3v) is 5.77. The highest BCUT2D eigenvalue weighted by Crippen LogP contribution is 2.51. The molecule has 2 aromatic carbocycles. The van der Waals surface area contributed by atoms with Gasteiger partial charge in [0.05, 0.1) is 0 Å². The number of likely N-dealkylation sites (tertiary alicyclic amines) is 1. The normalized spacial score (nSPS) is 25.0. The van der Waals surface area contributed by atoms with Crippen LogP contribution in [0, 0.1) is 0 Å². The number of aryl methyl sites for hydroxylation is 1. The average Bonchev–Trinajstić information content (AvgIpc) is 2.94. The molecule has 0 amide bonds. The van der Waals surface area contributed by atoms with E-state index >= 15 is 0 Å². The van der Waals surface area contributed by atoms with Gasteiger partial charge in [0.15, 0.2) is 0 Å². The van der Waals surface area contributed by atoms with E-state index in [9.17, 15) is 5.11 Å². The minimum atomic E-state index is -0.0123. The van der Waals surface area contributed by atoms with Crippen LogP contribution >= 0.6 is 0 Å². The number of nitrogens with zero attached hydrogens (tertiary/aromatic N) is 1. The van der Waals surface area contributed by atoms with Crippen LogP contribution in [0.2, 0.25) is 0 Å². The van der Waals surface area contributed by atoms with Crippen molar-refractivity contribution in [2.75, 3.05) is 19.6 Å². The summed E-state index contributed by atoms with van der Waals surface area (Å²) < 4.78 is 6.35. The molecule has 0 aliphatic carbocycles. The van der Waals surface area contributed by atoms with Gasteiger partial charge in [0, 0.05) is 24.1 Å². The lowest BCUT2D eigenvalue weighted by Crippen LogP contribution is -2.53. The Kier molecular flexibility index (Phi) is 4.26. The number of piperidine rings is 1. The fraction of sp³-hybridized carbons (Fsp3) is 0.364. The molecule has 2 aromatic rings. The van der Waals surface area contributed by atoms with Gasteiger partial charge >= 0.3 is 0 Å². The van der Waals surface area contributed by atoms with Crippen LogP contribution in [0.1, 0.15) is 24.0 Å². The van der Waals surface area contributed by atoms with E-state index in [0.717, 1.165) is 44.6 Å². The second-order valence-corrected chi connectivity index (χ2v) is 7.23. The number of ether oxygens (including phenoxy) is 1. The van der Waals surface area contributed by atoms with Crippen LogP contribution in [0.4, 0.5) is 0 Å². The van der Waals surface area contributed by atoms with E-state index in [2.05, 4.69) is 41.8 Å². The van der Waals surface area contributed by atoms with Crippen molar-refractivity contribution in [1.29, 1.82) is 0 Å². The van der Waals surface area contributed by atoms with Gasteiger partial charge in [-0.2, -0.15) is 0 Å². The molecule has 2 aliphatic heterocycles. The molecule has 0 spiro atoms. The Morgan fingerprint density at radius 1 is 1.24 bits per heavy atom. The average molecular weight is 335 g/mol. The molecule has 130 valence electrons. The Labute approximate surface area is 149 Å². The number of hydrogen-bond acceptors (Lipinski definition) is 3. The van der Waals surface area contributed by atoms with Gasteiger partial charge in [-0.15, -0.1) is 6.58 Å². The Balaban J connectivity index is 1.65. The highest BCUT2D eigenvalue weighted by Gasteiger charge is 2.51. The van der Waals surface area contributed by atoms with Crippen molar-refractivity contribution >= 4 is 0 Å². The molecular weight excluding hydrogens is 310 g/mol. The molecule has 0 saturated carbocycles. The summed E-state index contributed by atoms with van der Waals surface area (Å²) >= 11 is 0. The van der Waals surface area contributed by atoms with Crippen molar-refractivity contribution in [3.63, 3.8) is 0 Å². The number of hydrogen-bond donors (Lipinski definition) is 1. The zero-order chi connectivity index (χ0) is 17.3. The zero-order valence-electron chi connectivity index (χ0n) is 14.5. The fourth-order valence-electron chi connectivity index (χ4n) is 4.42. The summed E-state index contributed by atoms with van der Waals surface area (Å²) in [6, 6.07) is 16.2. The quantitative estimate of drug-likeness (QED) is 0.841. The topological polar surface area (TPSA) is 32.7 Å². The van der Waals surface area contributed by atoms with Crippen LogP contribution in [0.25, 0.3) is 0 Å². The Morgan fingerprint density at radius 3 is 2.88 bits per heavy atom. The van der Waals surface area contributed by atoms with Crippen molar-refractivity contribution in [1.82, 2.24) is 4.90 Å². The molecule has 0 unspecified atom stereocenters. The molecule has 1 saturated heterocycles. The lowest BCUT2D eigenvalue weighted by molar-refractivity contribution is 0.0437. The largest absolute Gasteiger partial charge is 0.508 e. The SMILES string of the molecule is C=CCN1CC[C@@]2(CCc3ccccc3)c3cc(O)ccc3O[C@H]2C1. The molecular formula is C22H25NO2. The Bertz CT molecular complexity index is 758. The van der Waals surface area contributed by atoms with Crippen molar-refractivity contribution in [3.8, 4) is 11.5 Å². The minimum Gasteiger partial charge on any atom is -0.508 e. The fourth-order valence-corrected chi connectivity index (χ4v) is 4.42. The molecule has 2 aliphatic rings. The first-order valence-electron chi connectivity index (χ1n) is 9.08. The summed E-state index contributed by atoms with van der Waals surface area (Å²) in [7, 11) is 0. The molecule has 3 heteroatoms. The lowest BCUT2D eigenvalue weighted by Gasteiger charge is -2.43. The van der Waals surface area contributed by atoms with Gasteiger partial charge in [-0.05, 0) is 49.6 Å². The third kappa shape index (κ3) is 2.93. The first-order valence-corrected chi connectivity index (χ1v) is 9.08. The molecule has 1 N–H and O–H groups in total. The summed E-state index contributed by atoms with van der Waals surface area (Å²) in [5.41, 5.74) is 2.53. The molecule has 25 heavy (non-hydrogen) atoms. The van der Waals surface area contributed by atoms with E-state index in [1.54, 1.807) is 6.07 Å². The molecule has 4 rings (SSSR count). The summed E-state index contributed by atoms with van der Waals surface area (Å²) in [5, 5.41) is 10.0. The van der Waals surface area contributed by atoms with E-state index in [-0.39, 0.29) is 11.5 Å². The first-order chi connectivity index (χ1) is 12.2. The number of fused-ring (bicyclic) bond motifs is 3. The second-order valence-electron chi connectivity index (χ2n) is 7.23. The van der Waals surface area contributed by atoms with E-state index in [0.29, 0.717) is 5.75 Å². The monoisotopic (exact) mass is 335 g/mol. The standard InChI is InChI=1S/C22H25NO2/c1-2-13-23-14-12-22(11-10-17-6-4-3-5-7-17)19-15-18(24)8-9-20(19)25-21(22)16-23/h2-9,15,21,24H,1,10-14,16H2/t21-,22-/m0/s1. The highest BCUT2D eigenvalue weighted by atomic mass is 16.5. The zero-order valence-corrected chi connectivity index (χ0v) is 14.5. The highest BCUT2D eigenvalue weighted by molar-refractivity contribution is 5.49. The maximum Gasteiger partial charge on any atom is 0.124 e.